The molecule has 1 aliphatic rings. The number of rotatable bonds is 5. The van der Waals surface area contributed by atoms with Crippen LogP contribution in [0.1, 0.15) is 0 Å². The molecule has 0 unspecified atom stereocenters. The number of benzene rings is 1. The zero-order chi connectivity index (χ0) is 16.9. The lowest BCUT2D eigenvalue weighted by atomic mass is 10.4. The minimum absolute atomic E-state index is 0. The van der Waals surface area contributed by atoms with E-state index in [1.54, 1.807) is 0 Å². The molecule has 136 valence electrons. The van der Waals surface area contributed by atoms with Crippen LogP contribution in [0.3, 0.4) is 0 Å². The standard InChI is InChI=1S/C14H21FN4O3S.HI/c1-18(23(20,21)13-4-2-12(15)3-5-13)7-6-17-14(16)19-8-10-22-11-9-19;/h2-5H,6-11H2,1H3,(H2,16,17);1H. The molecule has 0 radical (unpaired) electrons. The highest BCUT2D eigenvalue weighted by molar-refractivity contribution is 14.0. The Bertz CT molecular complexity index is 648. The van der Waals surface area contributed by atoms with Crippen LogP contribution in [-0.4, -0.2) is 70.0 Å². The van der Waals surface area contributed by atoms with Gasteiger partial charge in [0.05, 0.1) is 24.7 Å². The number of morpholine rings is 1. The molecule has 0 aromatic heterocycles. The lowest BCUT2D eigenvalue weighted by Gasteiger charge is -2.27. The first kappa shape index (κ1) is 21.1. The van der Waals surface area contributed by atoms with E-state index in [1.807, 2.05) is 4.90 Å². The van der Waals surface area contributed by atoms with Gasteiger partial charge in [0.25, 0.3) is 0 Å². The molecule has 1 aromatic rings. The summed E-state index contributed by atoms with van der Waals surface area (Å²) in [7, 11) is -2.20. The zero-order valence-corrected chi connectivity index (χ0v) is 16.5. The second-order valence-electron chi connectivity index (χ2n) is 5.12. The number of hydrogen-bond acceptors (Lipinski definition) is 4. The van der Waals surface area contributed by atoms with Gasteiger partial charge in [-0.1, -0.05) is 0 Å². The van der Waals surface area contributed by atoms with E-state index < -0.39 is 15.8 Å². The summed E-state index contributed by atoms with van der Waals surface area (Å²) < 4.78 is 43.9. The average Bonchev–Trinajstić information content (AvgIpc) is 2.55. The molecular formula is C14H22FIN4O3S. The lowest BCUT2D eigenvalue weighted by molar-refractivity contribution is 0.0674. The van der Waals surface area contributed by atoms with E-state index in [9.17, 15) is 12.8 Å². The maximum Gasteiger partial charge on any atom is 0.242 e. The fraction of sp³-hybridized carbons (Fsp3) is 0.500. The molecule has 7 nitrogen and oxygen atoms in total. The molecule has 2 rings (SSSR count). The highest BCUT2D eigenvalue weighted by atomic mass is 127. The Morgan fingerprint density at radius 1 is 1.33 bits per heavy atom. The normalized spacial score (nSPS) is 16.1. The Balaban J connectivity index is 0.00000288. The fourth-order valence-corrected chi connectivity index (χ4v) is 3.27. The van der Waals surface area contributed by atoms with E-state index in [1.165, 1.54) is 23.5 Å². The van der Waals surface area contributed by atoms with Crippen molar-refractivity contribution in [2.45, 2.75) is 4.90 Å². The largest absolute Gasteiger partial charge is 0.378 e. The Morgan fingerprint density at radius 2 is 1.92 bits per heavy atom. The maximum atomic E-state index is 12.9. The summed E-state index contributed by atoms with van der Waals surface area (Å²) in [5.41, 5.74) is 5.88. The van der Waals surface area contributed by atoms with Crippen LogP contribution in [0.5, 0.6) is 0 Å². The Morgan fingerprint density at radius 3 is 2.50 bits per heavy atom. The van der Waals surface area contributed by atoms with Gasteiger partial charge in [-0.15, -0.1) is 24.0 Å². The van der Waals surface area contributed by atoms with E-state index >= 15 is 0 Å². The predicted molar refractivity (Wildman–Crippen MR) is 101 cm³/mol. The highest BCUT2D eigenvalue weighted by Gasteiger charge is 2.20. The number of nitrogens with two attached hydrogens (primary N) is 1. The quantitative estimate of drug-likeness (QED) is 0.388. The molecule has 1 saturated heterocycles. The van der Waals surface area contributed by atoms with Crippen LogP contribution in [0.25, 0.3) is 0 Å². The second kappa shape index (κ2) is 9.49. The third-order valence-corrected chi connectivity index (χ3v) is 5.42. The highest BCUT2D eigenvalue weighted by Crippen LogP contribution is 2.14. The van der Waals surface area contributed by atoms with E-state index in [-0.39, 0.29) is 42.0 Å². The van der Waals surface area contributed by atoms with Crippen molar-refractivity contribution in [3.8, 4) is 0 Å². The van der Waals surface area contributed by atoms with Gasteiger partial charge in [0.1, 0.15) is 5.82 Å². The van der Waals surface area contributed by atoms with Crippen molar-refractivity contribution in [3.05, 3.63) is 30.1 Å². The molecule has 0 bridgehead atoms. The Hall–Kier alpha value is -0.980. The summed E-state index contributed by atoms with van der Waals surface area (Å²) in [6.07, 6.45) is 0. The second-order valence-corrected chi connectivity index (χ2v) is 7.16. The van der Waals surface area contributed by atoms with Gasteiger partial charge >= 0.3 is 0 Å². The van der Waals surface area contributed by atoms with E-state index in [0.29, 0.717) is 32.3 Å². The number of nitrogens with zero attached hydrogens (tertiary/aromatic N) is 3. The van der Waals surface area contributed by atoms with E-state index in [4.69, 9.17) is 10.5 Å². The minimum atomic E-state index is -3.66. The van der Waals surface area contributed by atoms with Crippen molar-refractivity contribution in [2.24, 2.45) is 10.7 Å². The fourth-order valence-electron chi connectivity index (χ4n) is 2.10. The van der Waals surface area contributed by atoms with Gasteiger partial charge in [-0.3, -0.25) is 4.99 Å². The summed E-state index contributed by atoms with van der Waals surface area (Å²) in [4.78, 5) is 6.16. The van der Waals surface area contributed by atoms with Gasteiger partial charge in [0.15, 0.2) is 5.96 Å². The monoisotopic (exact) mass is 472 g/mol. The summed E-state index contributed by atoms with van der Waals surface area (Å²) in [6, 6.07) is 4.73. The van der Waals surface area contributed by atoms with Crippen molar-refractivity contribution in [2.75, 3.05) is 46.4 Å². The van der Waals surface area contributed by atoms with Crippen molar-refractivity contribution >= 4 is 40.0 Å². The minimum Gasteiger partial charge on any atom is -0.378 e. The van der Waals surface area contributed by atoms with Crippen LogP contribution >= 0.6 is 24.0 Å². The first-order valence-corrected chi connectivity index (χ1v) is 8.70. The average molecular weight is 472 g/mol. The molecule has 0 amide bonds. The first-order chi connectivity index (χ1) is 10.9. The lowest BCUT2D eigenvalue weighted by Crippen LogP contribution is -2.45. The number of halogens is 2. The van der Waals surface area contributed by atoms with E-state index in [0.717, 1.165) is 12.1 Å². The molecule has 1 fully saturated rings. The maximum absolute atomic E-state index is 12.9. The third-order valence-electron chi connectivity index (χ3n) is 3.55. The van der Waals surface area contributed by atoms with Crippen LogP contribution in [0.4, 0.5) is 4.39 Å². The van der Waals surface area contributed by atoms with Crippen LogP contribution in [-0.2, 0) is 14.8 Å². The number of aliphatic imine (C=N–C) groups is 1. The van der Waals surface area contributed by atoms with Crippen LogP contribution in [0.2, 0.25) is 0 Å². The molecule has 0 aliphatic carbocycles. The molecular weight excluding hydrogens is 450 g/mol. The summed E-state index contributed by atoms with van der Waals surface area (Å²) in [5, 5.41) is 0. The molecule has 24 heavy (non-hydrogen) atoms. The van der Waals surface area contributed by atoms with Gasteiger partial charge in [0.2, 0.25) is 10.0 Å². The molecule has 1 heterocycles. The van der Waals surface area contributed by atoms with Crippen LogP contribution in [0.15, 0.2) is 34.2 Å². The van der Waals surface area contributed by atoms with Crippen LogP contribution < -0.4 is 5.73 Å². The molecule has 2 N–H and O–H groups in total. The van der Waals surface area contributed by atoms with Crippen molar-refractivity contribution in [1.29, 1.82) is 0 Å². The van der Waals surface area contributed by atoms with E-state index in [2.05, 4.69) is 4.99 Å². The predicted octanol–water partition coefficient (Wildman–Crippen LogP) is 0.711. The van der Waals surface area contributed by atoms with Crippen LogP contribution in [0, 0.1) is 5.82 Å². The summed E-state index contributed by atoms with van der Waals surface area (Å²) in [5.74, 6) is -0.0876. The molecule has 10 heteroatoms. The third kappa shape index (κ3) is 5.53. The Labute approximate surface area is 158 Å². The Kier molecular flexibility index (Phi) is 8.33. The zero-order valence-electron chi connectivity index (χ0n) is 13.4. The van der Waals surface area contributed by atoms with Gasteiger partial charge in [-0.05, 0) is 24.3 Å². The smallest absolute Gasteiger partial charge is 0.242 e. The number of hydrogen-bond donors (Lipinski definition) is 1. The molecule has 1 aliphatic heterocycles. The van der Waals surface area contributed by atoms with Gasteiger partial charge in [-0.2, -0.15) is 4.31 Å². The summed E-state index contributed by atoms with van der Waals surface area (Å²) in [6.45, 7) is 3.01. The number of guanidine groups is 1. The topological polar surface area (TPSA) is 88.2 Å². The number of sulfonamides is 1. The van der Waals surface area contributed by atoms with Gasteiger partial charge in [-0.25, -0.2) is 12.8 Å². The van der Waals surface area contributed by atoms with Gasteiger partial charge in [0, 0.05) is 26.7 Å². The van der Waals surface area contributed by atoms with Gasteiger partial charge < -0.3 is 15.4 Å². The van der Waals surface area contributed by atoms with Crippen molar-refractivity contribution < 1.29 is 17.5 Å². The van der Waals surface area contributed by atoms with Crippen molar-refractivity contribution in [3.63, 3.8) is 0 Å². The molecule has 0 atom stereocenters. The number of ether oxygens (including phenoxy) is 1. The SMILES string of the molecule is CN(CCN=C(N)N1CCOCC1)S(=O)(=O)c1ccc(F)cc1.I. The number of likely N-dealkylation sites (N-methyl/N-ethyl adjacent to an activating group) is 1. The first-order valence-electron chi connectivity index (χ1n) is 7.26. The molecule has 0 spiro atoms. The molecule has 1 aromatic carbocycles. The summed E-state index contributed by atoms with van der Waals surface area (Å²) >= 11 is 0. The molecule has 0 saturated carbocycles. The van der Waals surface area contributed by atoms with Crippen molar-refractivity contribution in [1.82, 2.24) is 9.21 Å².